The molecule has 1 saturated carbocycles. The van der Waals surface area contributed by atoms with Gasteiger partial charge < -0.3 is 10.1 Å². The van der Waals surface area contributed by atoms with Crippen molar-refractivity contribution in [3.8, 4) is 0 Å². The summed E-state index contributed by atoms with van der Waals surface area (Å²) in [6.07, 6.45) is 6.87. The first-order chi connectivity index (χ1) is 7.13. The number of hydrogen-bond acceptors (Lipinski definition) is 3. The summed E-state index contributed by atoms with van der Waals surface area (Å²) in [5.74, 6) is 1.21. The van der Waals surface area contributed by atoms with Gasteiger partial charge in [-0.1, -0.05) is 13.8 Å². The van der Waals surface area contributed by atoms with Crippen LogP contribution in [0.15, 0.2) is 12.3 Å². The molecule has 3 atom stereocenters. The molecule has 3 nitrogen and oxygen atoms in total. The van der Waals surface area contributed by atoms with E-state index in [1.807, 2.05) is 0 Å². The highest BCUT2D eigenvalue weighted by Gasteiger charge is 2.23. The number of esters is 1. The van der Waals surface area contributed by atoms with E-state index in [9.17, 15) is 4.79 Å². The molecule has 1 aliphatic carbocycles. The second-order valence-corrected chi connectivity index (χ2v) is 4.53. The van der Waals surface area contributed by atoms with Gasteiger partial charge in [-0.2, -0.15) is 0 Å². The van der Waals surface area contributed by atoms with Crippen molar-refractivity contribution in [1.29, 1.82) is 0 Å². The third kappa shape index (κ3) is 3.94. The number of rotatable bonds is 3. The van der Waals surface area contributed by atoms with Gasteiger partial charge in [0, 0.05) is 18.3 Å². The van der Waals surface area contributed by atoms with Gasteiger partial charge in [-0.05, 0) is 31.1 Å². The Bertz CT molecular complexity index is 238. The summed E-state index contributed by atoms with van der Waals surface area (Å²) in [5.41, 5.74) is 0. The Hall–Kier alpha value is -0.990. The van der Waals surface area contributed by atoms with Crippen molar-refractivity contribution in [2.75, 3.05) is 7.11 Å². The molecule has 0 saturated heterocycles. The minimum absolute atomic E-state index is 0.306. The summed E-state index contributed by atoms with van der Waals surface area (Å²) >= 11 is 0. The van der Waals surface area contributed by atoms with E-state index >= 15 is 0 Å². The van der Waals surface area contributed by atoms with E-state index in [2.05, 4.69) is 23.9 Å². The third-order valence-electron chi connectivity index (χ3n) is 3.16. The molecule has 1 fully saturated rings. The Morgan fingerprint density at radius 3 is 2.73 bits per heavy atom. The predicted octanol–water partition coefficient (Wildman–Crippen LogP) is 2.09. The molecule has 3 unspecified atom stereocenters. The van der Waals surface area contributed by atoms with Crippen molar-refractivity contribution in [3.05, 3.63) is 12.3 Å². The predicted molar refractivity (Wildman–Crippen MR) is 60.3 cm³/mol. The van der Waals surface area contributed by atoms with Gasteiger partial charge in [0.15, 0.2) is 0 Å². The second-order valence-electron chi connectivity index (χ2n) is 4.53. The Morgan fingerprint density at radius 1 is 1.40 bits per heavy atom. The van der Waals surface area contributed by atoms with E-state index in [1.54, 1.807) is 6.20 Å². The lowest BCUT2D eigenvalue weighted by molar-refractivity contribution is -0.134. The van der Waals surface area contributed by atoms with Crippen LogP contribution in [0.2, 0.25) is 0 Å². The zero-order valence-electron chi connectivity index (χ0n) is 9.82. The lowest BCUT2D eigenvalue weighted by Gasteiger charge is -2.32. The highest BCUT2D eigenvalue weighted by Crippen LogP contribution is 2.28. The quantitative estimate of drug-likeness (QED) is 0.574. The third-order valence-corrected chi connectivity index (χ3v) is 3.16. The number of nitrogens with one attached hydrogen (secondary N) is 1. The zero-order chi connectivity index (χ0) is 11.3. The second kappa shape index (κ2) is 5.79. The van der Waals surface area contributed by atoms with Crippen LogP contribution in [0.1, 0.15) is 33.1 Å². The van der Waals surface area contributed by atoms with E-state index < -0.39 is 0 Å². The van der Waals surface area contributed by atoms with Gasteiger partial charge in [-0.25, -0.2) is 4.79 Å². The van der Waals surface area contributed by atoms with Crippen LogP contribution in [0.3, 0.4) is 0 Å². The summed E-state index contributed by atoms with van der Waals surface area (Å²) in [7, 11) is 1.39. The molecule has 0 aromatic heterocycles. The van der Waals surface area contributed by atoms with Gasteiger partial charge >= 0.3 is 5.97 Å². The van der Waals surface area contributed by atoms with Crippen LogP contribution in [-0.2, 0) is 9.53 Å². The molecule has 15 heavy (non-hydrogen) atoms. The molecule has 86 valence electrons. The molecule has 1 aliphatic rings. The normalized spacial score (nSPS) is 31.5. The molecule has 0 amide bonds. The van der Waals surface area contributed by atoms with Crippen LogP contribution < -0.4 is 5.32 Å². The van der Waals surface area contributed by atoms with Crippen molar-refractivity contribution in [1.82, 2.24) is 5.32 Å². The Labute approximate surface area is 91.9 Å². The Kier molecular flexibility index (Phi) is 4.66. The van der Waals surface area contributed by atoms with Gasteiger partial charge in [-0.3, -0.25) is 0 Å². The summed E-state index contributed by atoms with van der Waals surface area (Å²) in [4.78, 5) is 10.8. The molecule has 3 heteroatoms. The summed E-state index contributed by atoms with van der Waals surface area (Å²) < 4.78 is 4.52. The van der Waals surface area contributed by atoms with E-state index in [0.29, 0.717) is 12.0 Å². The molecule has 0 radical (unpaired) electrons. The SMILES string of the molecule is COC(=O)/C=C/NC1CCC(C)CC1C. The lowest BCUT2D eigenvalue weighted by atomic mass is 9.80. The summed E-state index contributed by atoms with van der Waals surface area (Å²) in [5, 5.41) is 3.28. The number of carbonyl (C=O) groups is 1. The lowest BCUT2D eigenvalue weighted by Crippen LogP contribution is -2.36. The van der Waals surface area contributed by atoms with E-state index in [-0.39, 0.29) is 5.97 Å². The van der Waals surface area contributed by atoms with Gasteiger partial charge in [0.2, 0.25) is 0 Å². The standard InChI is InChI=1S/C12H21NO2/c1-9-4-5-11(10(2)8-9)13-7-6-12(14)15-3/h6-7,9-11,13H,4-5,8H2,1-3H3/b7-6+. The fourth-order valence-electron chi connectivity index (χ4n) is 2.22. The topological polar surface area (TPSA) is 38.3 Å². The Balaban J connectivity index is 2.32. The van der Waals surface area contributed by atoms with Crippen molar-refractivity contribution in [2.45, 2.75) is 39.2 Å². The van der Waals surface area contributed by atoms with Crippen molar-refractivity contribution in [3.63, 3.8) is 0 Å². The number of hydrogen-bond donors (Lipinski definition) is 1. The van der Waals surface area contributed by atoms with Crippen LogP contribution in [0.25, 0.3) is 0 Å². The minimum Gasteiger partial charge on any atom is -0.466 e. The number of methoxy groups -OCH3 is 1. The average molecular weight is 211 g/mol. The molecular formula is C12H21NO2. The van der Waals surface area contributed by atoms with Crippen LogP contribution in [0, 0.1) is 11.8 Å². The van der Waals surface area contributed by atoms with Crippen molar-refractivity contribution in [2.24, 2.45) is 11.8 Å². The smallest absolute Gasteiger partial charge is 0.331 e. The van der Waals surface area contributed by atoms with E-state index in [0.717, 1.165) is 5.92 Å². The minimum atomic E-state index is -0.306. The molecule has 0 heterocycles. The monoisotopic (exact) mass is 211 g/mol. The van der Waals surface area contributed by atoms with Gasteiger partial charge in [-0.15, -0.1) is 0 Å². The van der Waals surface area contributed by atoms with E-state index in [1.165, 1.54) is 32.4 Å². The molecule has 1 N–H and O–H groups in total. The van der Waals surface area contributed by atoms with Crippen LogP contribution in [0.4, 0.5) is 0 Å². The molecule has 0 aromatic rings. The van der Waals surface area contributed by atoms with Crippen LogP contribution in [-0.4, -0.2) is 19.1 Å². The van der Waals surface area contributed by atoms with Gasteiger partial charge in [0.25, 0.3) is 0 Å². The number of carbonyl (C=O) groups excluding carboxylic acids is 1. The fraction of sp³-hybridized carbons (Fsp3) is 0.750. The molecule has 0 bridgehead atoms. The van der Waals surface area contributed by atoms with Gasteiger partial charge in [0.05, 0.1) is 7.11 Å². The first-order valence-corrected chi connectivity index (χ1v) is 5.64. The molecular weight excluding hydrogens is 190 g/mol. The van der Waals surface area contributed by atoms with Crippen LogP contribution >= 0.6 is 0 Å². The number of ether oxygens (including phenoxy) is 1. The van der Waals surface area contributed by atoms with E-state index in [4.69, 9.17) is 0 Å². The maximum absolute atomic E-state index is 10.8. The van der Waals surface area contributed by atoms with Crippen molar-refractivity contribution >= 4 is 5.97 Å². The summed E-state index contributed by atoms with van der Waals surface area (Å²) in [6.45, 7) is 4.57. The molecule has 0 aromatic carbocycles. The maximum Gasteiger partial charge on any atom is 0.331 e. The fourth-order valence-corrected chi connectivity index (χ4v) is 2.22. The van der Waals surface area contributed by atoms with Crippen LogP contribution in [0.5, 0.6) is 0 Å². The maximum atomic E-state index is 10.8. The highest BCUT2D eigenvalue weighted by molar-refractivity contribution is 5.81. The average Bonchev–Trinajstić information content (AvgIpc) is 2.21. The first kappa shape index (κ1) is 12.1. The summed E-state index contributed by atoms with van der Waals surface area (Å²) in [6, 6.07) is 0.502. The van der Waals surface area contributed by atoms with Crippen molar-refractivity contribution < 1.29 is 9.53 Å². The van der Waals surface area contributed by atoms with Gasteiger partial charge in [0.1, 0.15) is 0 Å². The zero-order valence-corrected chi connectivity index (χ0v) is 9.82. The molecule has 0 spiro atoms. The molecule has 1 rings (SSSR count). The highest BCUT2D eigenvalue weighted by atomic mass is 16.5. The first-order valence-electron chi connectivity index (χ1n) is 5.64. The largest absolute Gasteiger partial charge is 0.466 e. The Morgan fingerprint density at radius 2 is 2.13 bits per heavy atom. The molecule has 0 aliphatic heterocycles.